The molecule has 2 saturated carbocycles. The highest BCUT2D eigenvalue weighted by Gasteiger charge is 2.37. The summed E-state index contributed by atoms with van der Waals surface area (Å²) in [5.74, 6) is 0. The highest BCUT2D eigenvalue weighted by atomic mass is 16.3. The first kappa shape index (κ1) is 15.9. The molecule has 2 aliphatic rings. The van der Waals surface area contributed by atoms with Gasteiger partial charge < -0.3 is 10.2 Å². The Kier molecular flexibility index (Phi) is 4.81. The van der Waals surface area contributed by atoms with Crippen molar-refractivity contribution in [1.82, 2.24) is 9.88 Å². The Morgan fingerprint density at radius 3 is 1.95 bits per heavy atom. The Labute approximate surface area is 133 Å². The van der Waals surface area contributed by atoms with Gasteiger partial charge in [-0.3, -0.25) is 9.88 Å². The molecule has 122 valence electrons. The lowest BCUT2D eigenvalue weighted by atomic mass is 9.97. The minimum absolute atomic E-state index is 0.572. The van der Waals surface area contributed by atoms with E-state index in [0.29, 0.717) is 13.1 Å². The van der Waals surface area contributed by atoms with Crippen molar-refractivity contribution in [2.75, 3.05) is 13.1 Å². The fourth-order valence-electron chi connectivity index (χ4n) is 4.13. The molecule has 1 heterocycles. The summed E-state index contributed by atoms with van der Waals surface area (Å²) in [5.41, 5.74) is -0.000337. The second-order valence-electron chi connectivity index (χ2n) is 7.37. The molecule has 2 N–H and O–H groups in total. The molecule has 2 fully saturated rings. The van der Waals surface area contributed by atoms with Crippen LogP contribution < -0.4 is 0 Å². The van der Waals surface area contributed by atoms with E-state index < -0.39 is 11.2 Å². The van der Waals surface area contributed by atoms with E-state index in [1.807, 2.05) is 12.3 Å². The van der Waals surface area contributed by atoms with E-state index >= 15 is 0 Å². The topological polar surface area (TPSA) is 56.6 Å². The molecule has 4 heteroatoms. The first-order chi connectivity index (χ1) is 10.6. The summed E-state index contributed by atoms with van der Waals surface area (Å²) in [4.78, 5) is 6.43. The Morgan fingerprint density at radius 1 is 0.955 bits per heavy atom. The summed E-state index contributed by atoms with van der Waals surface area (Å²) in [7, 11) is 0. The van der Waals surface area contributed by atoms with Gasteiger partial charge in [0.2, 0.25) is 0 Å². The molecule has 0 saturated heterocycles. The third-order valence-corrected chi connectivity index (χ3v) is 5.23. The lowest BCUT2D eigenvalue weighted by molar-refractivity contribution is -0.0359. The van der Waals surface area contributed by atoms with Gasteiger partial charge in [0, 0.05) is 32.0 Å². The third kappa shape index (κ3) is 4.06. The summed E-state index contributed by atoms with van der Waals surface area (Å²) in [6.07, 6.45) is 11.6. The van der Waals surface area contributed by atoms with Crippen LogP contribution in [0.15, 0.2) is 24.5 Å². The van der Waals surface area contributed by atoms with Crippen LogP contribution in [0.3, 0.4) is 0 Å². The minimum Gasteiger partial charge on any atom is -0.389 e. The highest BCUT2D eigenvalue weighted by Crippen LogP contribution is 2.34. The number of aliphatic hydroxyl groups is 2. The molecule has 0 radical (unpaired) electrons. The van der Waals surface area contributed by atoms with E-state index in [1.165, 1.54) is 0 Å². The van der Waals surface area contributed by atoms with Crippen LogP contribution >= 0.6 is 0 Å². The molecule has 0 spiro atoms. The molecule has 1 aromatic rings. The van der Waals surface area contributed by atoms with Crippen LogP contribution in [0.1, 0.15) is 56.9 Å². The standard InChI is InChI=1S/C18H28N2O2/c21-17(7-1-2-8-17)14-20(13-16-6-5-11-19-12-16)15-18(22)9-3-4-10-18/h5-6,11-12,21-22H,1-4,7-10,13-15H2. The largest absolute Gasteiger partial charge is 0.389 e. The fourth-order valence-corrected chi connectivity index (χ4v) is 4.13. The second kappa shape index (κ2) is 6.65. The molecule has 22 heavy (non-hydrogen) atoms. The van der Waals surface area contributed by atoms with Crippen molar-refractivity contribution in [2.45, 2.75) is 69.1 Å². The van der Waals surface area contributed by atoms with Gasteiger partial charge in [-0.25, -0.2) is 0 Å². The minimum atomic E-state index is -0.572. The molecular formula is C18H28N2O2. The van der Waals surface area contributed by atoms with Crippen LogP contribution in [-0.4, -0.2) is 44.4 Å². The Morgan fingerprint density at radius 2 is 1.50 bits per heavy atom. The molecule has 0 aliphatic heterocycles. The maximum atomic E-state index is 10.8. The number of nitrogens with zero attached hydrogens (tertiary/aromatic N) is 2. The zero-order chi connectivity index (χ0) is 15.5. The van der Waals surface area contributed by atoms with Gasteiger partial charge in [0.05, 0.1) is 11.2 Å². The third-order valence-electron chi connectivity index (χ3n) is 5.23. The van der Waals surface area contributed by atoms with Gasteiger partial charge >= 0.3 is 0 Å². The van der Waals surface area contributed by atoms with Crippen LogP contribution in [0.2, 0.25) is 0 Å². The SMILES string of the molecule is OC1(CN(Cc2cccnc2)CC2(O)CCCC2)CCCC1. The molecule has 0 bridgehead atoms. The molecule has 0 aromatic carbocycles. The van der Waals surface area contributed by atoms with E-state index in [4.69, 9.17) is 0 Å². The summed E-state index contributed by atoms with van der Waals surface area (Å²) in [6, 6.07) is 4.01. The van der Waals surface area contributed by atoms with Gasteiger partial charge in [0.25, 0.3) is 0 Å². The Balaban J connectivity index is 1.69. The number of hydrogen-bond donors (Lipinski definition) is 2. The average molecular weight is 304 g/mol. The number of rotatable bonds is 6. The highest BCUT2D eigenvalue weighted by molar-refractivity contribution is 5.09. The zero-order valence-corrected chi connectivity index (χ0v) is 13.4. The first-order valence-electron chi connectivity index (χ1n) is 8.63. The van der Waals surface area contributed by atoms with Crippen LogP contribution in [0, 0.1) is 0 Å². The van der Waals surface area contributed by atoms with E-state index in [2.05, 4.69) is 16.0 Å². The maximum absolute atomic E-state index is 10.8. The van der Waals surface area contributed by atoms with Crippen LogP contribution in [-0.2, 0) is 6.54 Å². The molecule has 0 amide bonds. The monoisotopic (exact) mass is 304 g/mol. The van der Waals surface area contributed by atoms with Crippen molar-refractivity contribution in [3.63, 3.8) is 0 Å². The normalized spacial score (nSPS) is 23.2. The van der Waals surface area contributed by atoms with Gasteiger partial charge in [-0.1, -0.05) is 31.7 Å². The lowest BCUT2D eigenvalue weighted by Crippen LogP contribution is -2.47. The van der Waals surface area contributed by atoms with E-state index in [1.54, 1.807) is 6.20 Å². The smallest absolute Gasteiger partial charge is 0.0774 e. The predicted molar refractivity (Wildman–Crippen MR) is 86.3 cm³/mol. The van der Waals surface area contributed by atoms with Crippen LogP contribution in [0.25, 0.3) is 0 Å². The van der Waals surface area contributed by atoms with E-state index in [-0.39, 0.29) is 0 Å². The van der Waals surface area contributed by atoms with Crippen molar-refractivity contribution in [3.05, 3.63) is 30.1 Å². The lowest BCUT2D eigenvalue weighted by Gasteiger charge is -2.36. The quantitative estimate of drug-likeness (QED) is 0.848. The Bertz CT molecular complexity index is 441. The average Bonchev–Trinajstić information content (AvgIpc) is 3.09. The first-order valence-corrected chi connectivity index (χ1v) is 8.63. The van der Waals surface area contributed by atoms with Crippen molar-refractivity contribution in [1.29, 1.82) is 0 Å². The maximum Gasteiger partial charge on any atom is 0.0774 e. The zero-order valence-electron chi connectivity index (χ0n) is 13.4. The van der Waals surface area contributed by atoms with Gasteiger partial charge in [0.1, 0.15) is 0 Å². The van der Waals surface area contributed by atoms with Crippen molar-refractivity contribution in [2.24, 2.45) is 0 Å². The van der Waals surface area contributed by atoms with E-state index in [9.17, 15) is 10.2 Å². The molecule has 0 atom stereocenters. The fraction of sp³-hybridized carbons (Fsp3) is 0.722. The number of hydrogen-bond acceptors (Lipinski definition) is 4. The Hall–Kier alpha value is -0.970. The molecule has 0 unspecified atom stereocenters. The van der Waals surface area contributed by atoms with Gasteiger partial charge in [0.15, 0.2) is 0 Å². The number of aromatic nitrogens is 1. The van der Waals surface area contributed by atoms with Gasteiger partial charge in [-0.2, -0.15) is 0 Å². The predicted octanol–water partition coefficient (Wildman–Crippen LogP) is 2.49. The summed E-state index contributed by atoms with van der Waals surface area (Å²) in [5, 5.41) is 21.5. The molecular weight excluding hydrogens is 276 g/mol. The van der Waals surface area contributed by atoms with Crippen molar-refractivity contribution < 1.29 is 10.2 Å². The van der Waals surface area contributed by atoms with Crippen LogP contribution in [0.5, 0.6) is 0 Å². The second-order valence-corrected chi connectivity index (χ2v) is 7.37. The summed E-state index contributed by atoms with van der Waals surface area (Å²) in [6.45, 7) is 2.06. The summed E-state index contributed by atoms with van der Waals surface area (Å²) >= 11 is 0. The van der Waals surface area contributed by atoms with Crippen LogP contribution in [0.4, 0.5) is 0 Å². The molecule has 2 aliphatic carbocycles. The van der Waals surface area contributed by atoms with Gasteiger partial charge in [-0.05, 0) is 37.3 Å². The van der Waals surface area contributed by atoms with Crippen molar-refractivity contribution >= 4 is 0 Å². The molecule has 3 rings (SSSR count). The summed E-state index contributed by atoms with van der Waals surface area (Å²) < 4.78 is 0. The van der Waals surface area contributed by atoms with Crippen molar-refractivity contribution in [3.8, 4) is 0 Å². The molecule has 4 nitrogen and oxygen atoms in total. The number of pyridine rings is 1. The molecule has 1 aromatic heterocycles. The van der Waals surface area contributed by atoms with E-state index in [0.717, 1.165) is 63.5 Å². The van der Waals surface area contributed by atoms with Gasteiger partial charge in [-0.15, -0.1) is 0 Å².